The first kappa shape index (κ1) is 13.9. The SMILES string of the molecule is CC1CCC2C(=O)N(c3ccc(Cl)c(Cl)c3)C(=O)C2C1. The largest absolute Gasteiger partial charge is 0.274 e. The molecule has 0 aromatic heterocycles. The standard InChI is InChI=1S/C15H15Cl2NO2/c1-8-2-4-10-11(6-8)15(20)18(14(10)19)9-3-5-12(16)13(17)7-9/h3,5,7-8,10-11H,2,4,6H2,1H3. The molecule has 0 N–H and O–H groups in total. The van der Waals surface area contributed by atoms with Gasteiger partial charge in [-0.15, -0.1) is 0 Å². The molecule has 1 aromatic carbocycles. The molecule has 3 rings (SSSR count). The van der Waals surface area contributed by atoms with Crippen molar-refractivity contribution in [1.29, 1.82) is 0 Å². The lowest BCUT2D eigenvalue weighted by Gasteiger charge is -2.25. The highest BCUT2D eigenvalue weighted by molar-refractivity contribution is 6.42. The molecule has 1 aliphatic carbocycles. The van der Waals surface area contributed by atoms with Gasteiger partial charge >= 0.3 is 0 Å². The van der Waals surface area contributed by atoms with Crippen LogP contribution in [0.2, 0.25) is 10.0 Å². The summed E-state index contributed by atoms with van der Waals surface area (Å²) in [6, 6.07) is 4.87. The number of fused-ring (bicyclic) bond motifs is 1. The van der Waals surface area contributed by atoms with Gasteiger partial charge in [-0.3, -0.25) is 14.5 Å². The number of carbonyl (C=O) groups is 2. The Balaban J connectivity index is 1.96. The van der Waals surface area contributed by atoms with Crippen molar-refractivity contribution < 1.29 is 9.59 Å². The number of amides is 2. The third-order valence-electron chi connectivity index (χ3n) is 4.35. The molecule has 0 bridgehead atoms. The van der Waals surface area contributed by atoms with E-state index in [-0.39, 0.29) is 23.7 Å². The summed E-state index contributed by atoms with van der Waals surface area (Å²) in [5, 5.41) is 0.772. The minimum atomic E-state index is -0.166. The van der Waals surface area contributed by atoms with Gasteiger partial charge in [0.25, 0.3) is 0 Å². The van der Waals surface area contributed by atoms with Crippen LogP contribution in [0.4, 0.5) is 5.69 Å². The molecule has 20 heavy (non-hydrogen) atoms. The molecule has 1 saturated heterocycles. The Kier molecular flexibility index (Phi) is 3.51. The second-order valence-corrected chi connectivity index (χ2v) is 6.56. The maximum absolute atomic E-state index is 12.5. The summed E-state index contributed by atoms with van der Waals surface area (Å²) in [6.07, 6.45) is 2.61. The van der Waals surface area contributed by atoms with Gasteiger partial charge in [0, 0.05) is 0 Å². The van der Waals surface area contributed by atoms with Crippen LogP contribution in [0.25, 0.3) is 0 Å². The number of benzene rings is 1. The van der Waals surface area contributed by atoms with Crippen LogP contribution in [-0.4, -0.2) is 11.8 Å². The van der Waals surface area contributed by atoms with Gasteiger partial charge in [-0.1, -0.05) is 30.1 Å². The summed E-state index contributed by atoms with van der Waals surface area (Å²) in [5.74, 6) is -0.00848. The van der Waals surface area contributed by atoms with Crippen molar-refractivity contribution in [1.82, 2.24) is 0 Å². The minimum Gasteiger partial charge on any atom is -0.274 e. The molecular formula is C15H15Cl2NO2. The van der Waals surface area contributed by atoms with E-state index < -0.39 is 0 Å². The van der Waals surface area contributed by atoms with Gasteiger partial charge in [0.1, 0.15) is 0 Å². The second-order valence-electron chi connectivity index (χ2n) is 5.74. The van der Waals surface area contributed by atoms with Crippen molar-refractivity contribution >= 4 is 40.7 Å². The molecule has 2 fully saturated rings. The number of anilines is 1. The van der Waals surface area contributed by atoms with Gasteiger partial charge in [0.15, 0.2) is 0 Å². The van der Waals surface area contributed by atoms with Crippen LogP contribution >= 0.6 is 23.2 Å². The van der Waals surface area contributed by atoms with Crippen LogP contribution in [0.15, 0.2) is 18.2 Å². The first-order valence-corrected chi connectivity index (χ1v) is 7.57. The zero-order valence-electron chi connectivity index (χ0n) is 11.1. The van der Waals surface area contributed by atoms with E-state index in [2.05, 4.69) is 6.92 Å². The van der Waals surface area contributed by atoms with E-state index in [1.807, 2.05) is 0 Å². The third kappa shape index (κ3) is 2.13. The molecule has 1 saturated carbocycles. The maximum Gasteiger partial charge on any atom is 0.237 e. The lowest BCUT2D eigenvalue weighted by atomic mass is 9.76. The summed E-state index contributed by atoms with van der Waals surface area (Å²) in [6.45, 7) is 2.13. The monoisotopic (exact) mass is 311 g/mol. The van der Waals surface area contributed by atoms with Gasteiger partial charge < -0.3 is 0 Å². The lowest BCUT2D eigenvalue weighted by molar-refractivity contribution is -0.122. The van der Waals surface area contributed by atoms with Crippen molar-refractivity contribution in [3.8, 4) is 0 Å². The summed E-state index contributed by atoms with van der Waals surface area (Å²) in [4.78, 5) is 26.3. The van der Waals surface area contributed by atoms with Crippen molar-refractivity contribution in [3.63, 3.8) is 0 Å². The van der Waals surface area contributed by atoms with E-state index in [1.165, 1.54) is 4.90 Å². The number of halogens is 2. The fourth-order valence-corrected chi connectivity index (χ4v) is 3.56. The number of hydrogen-bond acceptors (Lipinski definition) is 2. The number of carbonyl (C=O) groups excluding carboxylic acids is 2. The van der Waals surface area contributed by atoms with E-state index in [0.29, 0.717) is 21.7 Å². The van der Waals surface area contributed by atoms with Crippen LogP contribution in [0, 0.1) is 17.8 Å². The predicted molar refractivity (Wildman–Crippen MR) is 79.0 cm³/mol. The zero-order chi connectivity index (χ0) is 14.4. The molecule has 0 radical (unpaired) electrons. The van der Waals surface area contributed by atoms with Crippen molar-refractivity contribution in [2.75, 3.05) is 4.90 Å². The fraction of sp³-hybridized carbons (Fsp3) is 0.467. The highest BCUT2D eigenvalue weighted by Gasteiger charge is 2.49. The molecule has 0 spiro atoms. The molecule has 5 heteroatoms. The lowest BCUT2D eigenvalue weighted by Crippen LogP contribution is -2.30. The second kappa shape index (κ2) is 5.05. The molecule has 2 aliphatic rings. The van der Waals surface area contributed by atoms with Gasteiger partial charge in [-0.25, -0.2) is 0 Å². The predicted octanol–water partition coefficient (Wildman–Crippen LogP) is 3.92. The molecule has 1 aliphatic heterocycles. The highest BCUT2D eigenvalue weighted by atomic mass is 35.5. The molecule has 3 atom stereocenters. The van der Waals surface area contributed by atoms with E-state index in [9.17, 15) is 9.59 Å². The van der Waals surface area contributed by atoms with Crippen LogP contribution in [0.3, 0.4) is 0 Å². The summed E-state index contributed by atoms with van der Waals surface area (Å²) >= 11 is 11.9. The third-order valence-corrected chi connectivity index (χ3v) is 5.09. The van der Waals surface area contributed by atoms with Crippen LogP contribution in [0.1, 0.15) is 26.2 Å². The topological polar surface area (TPSA) is 37.4 Å². The van der Waals surface area contributed by atoms with Crippen LogP contribution in [-0.2, 0) is 9.59 Å². The normalized spacial score (nSPS) is 29.8. The number of nitrogens with zero attached hydrogens (tertiary/aromatic N) is 1. The average molecular weight is 312 g/mol. The number of rotatable bonds is 1. The molecule has 3 unspecified atom stereocenters. The molecule has 2 amide bonds. The molecular weight excluding hydrogens is 297 g/mol. The van der Waals surface area contributed by atoms with Gasteiger partial charge in [0.05, 0.1) is 27.6 Å². The van der Waals surface area contributed by atoms with E-state index in [0.717, 1.165) is 19.3 Å². The van der Waals surface area contributed by atoms with E-state index in [1.54, 1.807) is 18.2 Å². The van der Waals surface area contributed by atoms with Crippen molar-refractivity contribution in [2.45, 2.75) is 26.2 Å². The average Bonchev–Trinajstić information content (AvgIpc) is 2.65. The molecule has 1 aromatic rings. The van der Waals surface area contributed by atoms with Gasteiger partial charge in [-0.2, -0.15) is 0 Å². The highest BCUT2D eigenvalue weighted by Crippen LogP contribution is 2.42. The Hall–Kier alpha value is -1.06. The van der Waals surface area contributed by atoms with Gasteiger partial charge in [0.2, 0.25) is 11.8 Å². The van der Waals surface area contributed by atoms with Crippen LogP contribution in [0.5, 0.6) is 0 Å². The minimum absolute atomic E-state index is 0.0923. The van der Waals surface area contributed by atoms with Crippen LogP contribution < -0.4 is 4.90 Å². The quantitative estimate of drug-likeness (QED) is 0.737. The summed E-state index contributed by atoms with van der Waals surface area (Å²) in [7, 11) is 0. The zero-order valence-corrected chi connectivity index (χ0v) is 12.6. The van der Waals surface area contributed by atoms with E-state index >= 15 is 0 Å². The van der Waals surface area contributed by atoms with E-state index in [4.69, 9.17) is 23.2 Å². The summed E-state index contributed by atoms with van der Waals surface area (Å²) < 4.78 is 0. The van der Waals surface area contributed by atoms with Gasteiger partial charge in [-0.05, 0) is 43.4 Å². The van der Waals surface area contributed by atoms with Crippen molar-refractivity contribution in [2.24, 2.45) is 17.8 Å². The maximum atomic E-state index is 12.5. The Morgan fingerprint density at radius 3 is 2.45 bits per heavy atom. The molecule has 1 heterocycles. The fourth-order valence-electron chi connectivity index (χ4n) is 3.27. The Labute approximate surface area is 127 Å². The first-order valence-electron chi connectivity index (χ1n) is 6.82. The molecule has 3 nitrogen and oxygen atoms in total. The Bertz CT molecular complexity index is 587. The van der Waals surface area contributed by atoms with Crippen molar-refractivity contribution in [3.05, 3.63) is 28.2 Å². The number of hydrogen-bond donors (Lipinski definition) is 0. The molecule has 106 valence electrons. The summed E-state index contributed by atoms with van der Waals surface area (Å²) in [5.41, 5.74) is 0.524. The first-order chi connectivity index (χ1) is 9.49. The Morgan fingerprint density at radius 1 is 1.05 bits per heavy atom. The Morgan fingerprint density at radius 2 is 1.75 bits per heavy atom. The number of imide groups is 1. The smallest absolute Gasteiger partial charge is 0.237 e.